The number of quaternary nitrogens is 1. The van der Waals surface area contributed by atoms with Crippen LogP contribution in [0.3, 0.4) is 0 Å². The van der Waals surface area contributed by atoms with E-state index in [0.717, 1.165) is 0 Å². The van der Waals surface area contributed by atoms with Crippen LogP contribution in [-0.4, -0.2) is 38.7 Å². The first-order valence-corrected chi connectivity index (χ1v) is 17.2. The second-order valence-electron chi connectivity index (χ2n) is 10.8. The summed E-state index contributed by atoms with van der Waals surface area (Å²) in [6.07, 6.45) is 11.1. The van der Waals surface area contributed by atoms with Crippen molar-refractivity contribution < 1.29 is 12.7 Å². The molecule has 0 aliphatic heterocycles. The monoisotopic (exact) mass is 539 g/mol. The Morgan fingerprint density at radius 3 is 0.895 bits per heavy atom. The van der Waals surface area contributed by atoms with Gasteiger partial charge in [0.2, 0.25) is 0 Å². The standard InChI is InChI=1S/C18H15F2Si.C16H36N/c19-21(20,16-10-4-1-5-11-16,17-12-6-2-7-13-17)18-14-8-3-9-15-18;1-5-9-13-17(14-10-6-2,15-11-7-3)16-12-8-4/h1-15H;5-16H2,1-4H3/q-1;+1. The Hall–Kier alpha value is -2.30. The van der Waals surface area contributed by atoms with Crippen LogP contribution in [0.4, 0.5) is 8.22 Å². The second kappa shape index (κ2) is 16.0. The molecule has 0 saturated heterocycles. The fraction of sp³-hybridized carbons (Fsp3) is 0.471. The van der Waals surface area contributed by atoms with Gasteiger partial charge in [0.1, 0.15) is 0 Å². The molecule has 3 aromatic rings. The molecule has 0 aliphatic carbocycles. The van der Waals surface area contributed by atoms with Crippen LogP contribution in [0.5, 0.6) is 0 Å². The molecule has 0 aliphatic rings. The Bertz CT molecular complexity index is 868. The molecule has 3 aromatic carbocycles. The predicted octanol–water partition coefficient (Wildman–Crippen LogP) is 8.05. The Morgan fingerprint density at radius 1 is 0.447 bits per heavy atom. The third-order valence-corrected chi connectivity index (χ3v) is 11.8. The van der Waals surface area contributed by atoms with Gasteiger partial charge in [-0.05, 0) is 25.7 Å². The summed E-state index contributed by atoms with van der Waals surface area (Å²) in [7, 11) is -5.68. The molecular weight excluding hydrogens is 488 g/mol. The van der Waals surface area contributed by atoms with E-state index in [1.165, 1.54) is 118 Å². The van der Waals surface area contributed by atoms with E-state index in [9.17, 15) is 0 Å². The second-order valence-corrected chi connectivity index (χ2v) is 14.5. The molecule has 0 fully saturated rings. The third kappa shape index (κ3) is 8.35. The van der Waals surface area contributed by atoms with Gasteiger partial charge in [-0.15, -0.1) is 0 Å². The van der Waals surface area contributed by atoms with Crippen molar-refractivity contribution in [1.29, 1.82) is 0 Å². The van der Waals surface area contributed by atoms with E-state index < -0.39 is 8.02 Å². The Morgan fingerprint density at radius 2 is 0.684 bits per heavy atom. The van der Waals surface area contributed by atoms with Crippen LogP contribution in [0.1, 0.15) is 79.1 Å². The minimum atomic E-state index is -5.68. The van der Waals surface area contributed by atoms with E-state index in [1.54, 1.807) is 54.6 Å². The number of halogens is 2. The normalized spacial score (nSPS) is 12.7. The molecule has 0 aromatic heterocycles. The van der Waals surface area contributed by atoms with Gasteiger partial charge in [-0.2, -0.15) is 0 Å². The SMILES string of the molecule is CCCC[N+](CCCC)(CCCC)CCCC.F[Si-](F)(c1ccccc1)(c1ccccc1)c1ccccc1. The molecule has 0 heterocycles. The summed E-state index contributed by atoms with van der Waals surface area (Å²) in [5, 5.41) is 0.361. The number of benzene rings is 3. The van der Waals surface area contributed by atoms with E-state index in [-0.39, 0.29) is 15.6 Å². The summed E-state index contributed by atoms with van der Waals surface area (Å²) in [6.45, 7) is 15.0. The average Bonchev–Trinajstić information content (AvgIpc) is 2.98. The van der Waals surface area contributed by atoms with Crippen molar-refractivity contribution in [3.63, 3.8) is 0 Å². The van der Waals surface area contributed by atoms with E-state index in [1.807, 2.05) is 0 Å². The molecule has 0 atom stereocenters. The molecule has 0 radical (unpaired) electrons. The van der Waals surface area contributed by atoms with Gasteiger partial charge in [0, 0.05) is 0 Å². The van der Waals surface area contributed by atoms with Gasteiger partial charge >= 0.3 is 123 Å². The first kappa shape index (κ1) is 31.9. The molecule has 0 unspecified atom stereocenters. The van der Waals surface area contributed by atoms with Gasteiger partial charge in [-0.1, -0.05) is 53.4 Å². The summed E-state index contributed by atoms with van der Waals surface area (Å²) >= 11 is 0. The number of unbranched alkanes of at least 4 members (excludes halogenated alkanes) is 4. The van der Waals surface area contributed by atoms with Gasteiger partial charge in [-0.25, -0.2) is 0 Å². The van der Waals surface area contributed by atoms with Crippen molar-refractivity contribution in [3.05, 3.63) is 91.0 Å². The number of hydrogen-bond acceptors (Lipinski definition) is 0. The quantitative estimate of drug-likeness (QED) is 0.0793. The predicted molar refractivity (Wildman–Crippen MR) is 166 cm³/mol. The van der Waals surface area contributed by atoms with Crippen LogP contribution in [0.25, 0.3) is 0 Å². The molecule has 4 heteroatoms. The summed E-state index contributed by atoms with van der Waals surface area (Å²) in [5.41, 5.74) is 0. The van der Waals surface area contributed by atoms with Crippen LogP contribution in [-0.2, 0) is 0 Å². The molecule has 0 saturated carbocycles. The summed E-state index contributed by atoms with van der Waals surface area (Å²) < 4.78 is 33.7. The van der Waals surface area contributed by atoms with Crippen LogP contribution >= 0.6 is 0 Å². The molecule has 0 amide bonds. The maximum atomic E-state index is 16.2. The van der Waals surface area contributed by atoms with Gasteiger partial charge < -0.3 is 4.48 Å². The summed E-state index contributed by atoms with van der Waals surface area (Å²) in [5.74, 6) is 0. The van der Waals surface area contributed by atoms with E-state index in [2.05, 4.69) is 27.7 Å². The molecule has 0 spiro atoms. The first-order valence-electron chi connectivity index (χ1n) is 15.0. The minimum absolute atomic E-state index is 0.120. The molecular formula is C34H51F2NSi. The number of nitrogens with zero attached hydrogens (tertiary/aromatic N) is 1. The molecule has 0 N–H and O–H groups in total. The molecule has 0 bridgehead atoms. The van der Waals surface area contributed by atoms with Crippen molar-refractivity contribution in [1.82, 2.24) is 0 Å². The third-order valence-electron chi connectivity index (χ3n) is 7.79. The molecule has 3 rings (SSSR count). The van der Waals surface area contributed by atoms with Crippen molar-refractivity contribution >= 4 is 23.6 Å². The van der Waals surface area contributed by atoms with Crippen molar-refractivity contribution in [3.8, 4) is 0 Å². The topological polar surface area (TPSA) is 0 Å². The Balaban J connectivity index is 0.000000275. The zero-order valence-electron chi connectivity index (χ0n) is 24.3. The molecule has 210 valence electrons. The van der Waals surface area contributed by atoms with Gasteiger partial charge in [-0.3, -0.25) is 0 Å². The fourth-order valence-electron chi connectivity index (χ4n) is 5.34. The van der Waals surface area contributed by atoms with Crippen LogP contribution in [0.15, 0.2) is 91.0 Å². The Labute approximate surface area is 232 Å². The zero-order valence-corrected chi connectivity index (χ0v) is 25.3. The van der Waals surface area contributed by atoms with Gasteiger partial charge in [0.05, 0.1) is 26.2 Å². The summed E-state index contributed by atoms with van der Waals surface area (Å²) in [6, 6.07) is 24.5. The van der Waals surface area contributed by atoms with Gasteiger partial charge in [0.25, 0.3) is 0 Å². The summed E-state index contributed by atoms with van der Waals surface area (Å²) in [4.78, 5) is 0. The van der Waals surface area contributed by atoms with Crippen LogP contribution < -0.4 is 15.6 Å². The van der Waals surface area contributed by atoms with Crippen LogP contribution in [0, 0.1) is 0 Å². The first-order chi connectivity index (χ1) is 18.4. The van der Waals surface area contributed by atoms with E-state index >= 15 is 8.22 Å². The Kier molecular flexibility index (Phi) is 13.4. The fourth-order valence-corrected chi connectivity index (χ4v) is 8.67. The number of hydrogen-bond donors (Lipinski definition) is 0. The van der Waals surface area contributed by atoms with Crippen molar-refractivity contribution in [2.75, 3.05) is 26.2 Å². The van der Waals surface area contributed by atoms with Crippen molar-refractivity contribution in [2.45, 2.75) is 79.1 Å². The molecule has 1 nitrogen and oxygen atoms in total. The average molecular weight is 540 g/mol. The van der Waals surface area contributed by atoms with E-state index in [0.29, 0.717) is 0 Å². The van der Waals surface area contributed by atoms with Gasteiger partial charge in [0.15, 0.2) is 0 Å². The molecule has 38 heavy (non-hydrogen) atoms. The maximum absolute atomic E-state index is 16.2. The van der Waals surface area contributed by atoms with E-state index in [4.69, 9.17) is 0 Å². The zero-order chi connectivity index (χ0) is 27.8. The number of rotatable bonds is 15. The van der Waals surface area contributed by atoms with Crippen molar-refractivity contribution in [2.24, 2.45) is 0 Å². The van der Waals surface area contributed by atoms with Crippen LogP contribution in [0.2, 0.25) is 0 Å².